The number of aliphatic hydroxyl groups is 2. The summed E-state index contributed by atoms with van der Waals surface area (Å²) in [6.07, 6.45) is 32.8. The smallest absolute Gasteiger partial charge is 0.0602 e. The fraction of sp³-hybridized carbons (Fsp3) is 1.00. The molecule has 2 heteroatoms. The molecule has 4 unspecified atom stereocenters. The molecule has 6 saturated carbocycles. The van der Waals surface area contributed by atoms with Crippen LogP contribution in [0.15, 0.2) is 0 Å². The highest BCUT2D eigenvalue weighted by atomic mass is 16.3. The molecule has 41 heavy (non-hydrogen) atoms. The molecule has 2 N–H and O–H groups in total. The van der Waals surface area contributed by atoms with Gasteiger partial charge in [0.1, 0.15) is 0 Å². The van der Waals surface area contributed by atoms with Crippen LogP contribution < -0.4 is 0 Å². The van der Waals surface area contributed by atoms with E-state index in [0.717, 1.165) is 35.5 Å². The predicted molar refractivity (Wildman–Crippen MR) is 172 cm³/mol. The Balaban J connectivity index is 1.26. The van der Waals surface area contributed by atoms with E-state index in [1.807, 2.05) is 0 Å². The molecule has 236 valence electrons. The standard InChI is InChI=1S/C39H68O2/c1-39(2,31-23-33(27-15-7-3-8-16-27)37(40)34(24-31)28-17-9-4-10-18-28)32-25-35(29-19-11-5-12-20-29)38(41)36(26-32)30-21-13-6-14-22-30/h27-38,40-41H,3-26H2,1-2H3. The van der Waals surface area contributed by atoms with Crippen molar-refractivity contribution in [1.82, 2.24) is 0 Å². The first-order valence-corrected chi connectivity index (χ1v) is 19.3. The quantitative estimate of drug-likeness (QED) is 0.334. The molecule has 0 aromatic rings. The highest BCUT2D eigenvalue weighted by molar-refractivity contribution is 5.02. The minimum Gasteiger partial charge on any atom is -0.393 e. The normalized spacial score (nSPS) is 41.9. The van der Waals surface area contributed by atoms with Crippen LogP contribution >= 0.6 is 0 Å². The van der Waals surface area contributed by atoms with E-state index in [9.17, 15) is 10.2 Å². The Morgan fingerprint density at radius 2 is 0.585 bits per heavy atom. The van der Waals surface area contributed by atoms with Gasteiger partial charge < -0.3 is 10.2 Å². The lowest BCUT2D eigenvalue weighted by atomic mass is 9.50. The summed E-state index contributed by atoms with van der Waals surface area (Å²) in [5.74, 6) is 6.70. The zero-order valence-electron chi connectivity index (χ0n) is 27.3. The average Bonchev–Trinajstić information content (AvgIpc) is 3.03. The summed E-state index contributed by atoms with van der Waals surface area (Å²) < 4.78 is 0. The number of rotatable bonds is 6. The van der Waals surface area contributed by atoms with E-state index < -0.39 is 0 Å². The van der Waals surface area contributed by atoms with Crippen LogP contribution in [0.2, 0.25) is 0 Å². The third-order valence-electron chi connectivity index (χ3n) is 15.1. The number of hydrogen-bond acceptors (Lipinski definition) is 2. The van der Waals surface area contributed by atoms with Crippen LogP contribution in [-0.4, -0.2) is 22.4 Å². The molecule has 0 saturated heterocycles. The van der Waals surface area contributed by atoms with E-state index in [0.29, 0.717) is 29.1 Å². The van der Waals surface area contributed by atoms with Gasteiger partial charge in [-0.2, -0.15) is 0 Å². The van der Waals surface area contributed by atoms with Crippen molar-refractivity contribution in [2.75, 3.05) is 0 Å². The fourth-order valence-corrected chi connectivity index (χ4v) is 12.4. The molecule has 0 aliphatic heterocycles. The zero-order chi connectivity index (χ0) is 28.4. The molecular formula is C39H68O2. The summed E-state index contributed by atoms with van der Waals surface area (Å²) in [6.45, 7) is 5.37. The van der Waals surface area contributed by atoms with Gasteiger partial charge in [0.15, 0.2) is 0 Å². The van der Waals surface area contributed by atoms with Crippen LogP contribution in [0, 0.1) is 64.6 Å². The molecule has 0 heterocycles. The molecule has 6 aliphatic rings. The Bertz CT molecular complexity index is 661. The van der Waals surface area contributed by atoms with Crippen molar-refractivity contribution < 1.29 is 10.2 Å². The summed E-state index contributed by atoms with van der Waals surface area (Å²) >= 11 is 0. The van der Waals surface area contributed by atoms with Gasteiger partial charge in [0.25, 0.3) is 0 Å². The van der Waals surface area contributed by atoms with Gasteiger partial charge in [-0.25, -0.2) is 0 Å². The Morgan fingerprint density at radius 3 is 0.805 bits per heavy atom. The van der Waals surface area contributed by atoms with Crippen LogP contribution in [-0.2, 0) is 0 Å². The summed E-state index contributed by atoms with van der Waals surface area (Å²) in [6, 6.07) is 0. The molecule has 0 bridgehead atoms. The Hall–Kier alpha value is -0.0800. The van der Waals surface area contributed by atoms with Gasteiger partial charge in [0.2, 0.25) is 0 Å². The van der Waals surface area contributed by atoms with Gasteiger partial charge in [-0.15, -0.1) is 0 Å². The summed E-state index contributed by atoms with van der Waals surface area (Å²) in [4.78, 5) is 0. The molecule has 6 aliphatic carbocycles. The zero-order valence-corrected chi connectivity index (χ0v) is 27.3. The van der Waals surface area contributed by atoms with Crippen LogP contribution in [0.3, 0.4) is 0 Å². The first kappa shape index (κ1) is 30.9. The molecule has 4 atom stereocenters. The van der Waals surface area contributed by atoms with E-state index in [4.69, 9.17) is 0 Å². The molecule has 0 aromatic carbocycles. The van der Waals surface area contributed by atoms with E-state index in [1.165, 1.54) is 154 Å². The van der Waals surface area contributed by atoms with E-state index in [1.54, 1.807) is 0 Å². The second-order valence-corrected chi connectivity index (χ2v) is 17.4. The second kappa shape index (κ2) is 13.9. The molecule has 0 aromatic heterocycles. The van der Waals surface area contributed by atoms with Crippen molar-refractivity contribution in [3.05, 3.63) is 0 Å². The van der Waals surface area contributed by atoms with Gasteiger partial charge in [-0.05, 0) is 90.3 Å². The lowest BCUT2D eigenvalue weighted by Gasteiger charge is -2.56. The SMILES string of the molecule is CC(C)(C1CC(C2CCCCC2)C(O)C(C2CCCCC2)C1)C1CC(C2CCCCC2)C(O)C(C2CCCCC2)C1. The molecule has 0 amide bonds. The van der Waals surface area contributed by atoms with Gasteiger partial charge in [-0.3, -0.25) is 0 Å². The Labute approximate surface area is 254 Å². The summed E-state index contributed by atoms with van der Waals surface area (Å²) in [7, 11) is 0. The lowest BCUT2D eigenvalue weighted by Crippen LogP contribution is -2.52. The van der Waals surface area contributed by atoms with Crippen molar-refractivity contribution in [2.45, 2.75) is 180 Å². The Kier molecular flexibility index (Phi) is 10.5. The van der Waals surface area contributed by atoms with E-state index in [2.05, 4.69) is 13.8 Å². The summed E-state index contributed by atoms with van der Waals surface area (Å²) in [5, 5.41) is 24.1. The monoisotopic (exact) mass is 569 g/mol. The first-order valence-electron chi connectivity index (χ1n) is 19.3. The fourth-order valence-electron chi connectivity index (χ4n) is 12.4. The van der Waals surface area contributed by atoms with Crippen molar-refractivity contribution in [1.29, 1.82) is 0 Å². The molecule has 6 rings (SSSR count). The molecular weight excluding hydrogens is 500 g/mol. The maximum Gasteiger partial charge on any atom is 0.0602 e. The minimum absolute atomic E-state index is 0.0496. The van der Waals surface area contributed by atoms with Crippen molar-refractivity contribution in [3.63, 3.8) is 0 Å². The van der Waals surface area contributed by atoms with Gasteiger partial charge in [0.05, 0.1) is 12.2 Å². The van der Waals surface area contributed by atoms with Crippen LogP contribution in [0.25, 0.3) is 0 Å². The largest absolute Gasteiger partial charge is 0.393 e. The third-order valence-corrected chi connectivity index (χ3v) is 15.1. The Morgan fingerprint density at radius 1 is 0.366 bits per heavy atom. The maximum atomic E-state index is 12.1. The predicted octanol–water partition coefficient (Wildman–Crippen LogP) is 10.3. The van der Waals surface area contributed by atoms with Crippen molar-refractivity contribution in [2.24, 2.45) is 64.6 Å². The molecule has 0 radical (unpaired) electrons. The van der Waals surface area contributed by atoms with Crippen LogP contribution in [0.5, 0.6) is 0 Å². The van der Waals surface area contributed by atoms with E-state index >= 15 is 0 Å². The van der Waals surface area contributed by atoms with Crippen molar-refractivity contribution >= 4 is 0 Å². The van der Waals surface area contributed by atoms with Crippen LogP contribution in [0.4, 0.5) is 0 Å². The summed E-state index contributed by atoms with van der Waals surface area (Å²) in [5.41, 5.74) is 0.306. The topological polar surface area (TPSA) is 40.5 Å². The highest BCUT2D eigenvalue weighted by Gasteiger charge is 2.53. The third kappa shape index (κ3) is 6.79. The van der Waals surface area contributed by atoms with Gasteiger partial charge in [-0.1, -0.05) is 142 Å². The van der Waals surface area contributed by atoms with Crippen LogP contribution in [0.1, 0.15) is 168 Å². The van der Waals surface area contributed by atoms with Crippen molar-refractivity contribution in [3.8, 4) is 0 Å². The maximum absolute atomic E-state index is 12.1. The van der Waals surface area contributed by atoms with Gasteiger partial charge in [0, 0.05) is 0 Å². The molecule has 0 spiro atoms. The molecule has 6 fully saturated rings. The van der Waals surface area contributed by atoms with E-state index in [-0.39, 0.29) is 12.2 Å². The second-order valence-electron chi connectivity index (χ2n) is 17.4. The molecule has 2 nitrogen and oxygen atoms in total. The lowest BCUT2D eigenvalue weighted by molar-refractivity contribution is -0.119. The first-order chi connectivity index (χ1) is 19.9. The van der Waals surface area contributed by atoms with Gasteiger partial charge >= 0.3 is 0 Å². The average molecular weight is 569 g/mol. The number of hydrogen-bond donors (Lipinski definition) is 2. The minimum atomic E-state index is -0.0496. The number of aliphatic hydroxyl groups excluding tert-OH is 2. The highest BCUT2D eigenvalue weighted by Crippen LogP contribution is 2.58.